The summed E-state index contributed by atoms with van der Waals surface area (Å²) >= 11 is 0. The van der Waals surface area contributed by atoms with E-state index in [-0.39, 0.29) is 5.56 Å². The molecule has 0 amide bonds. The Kier molecular flexibility index (Phi) is 0.992. The Morgan fingerprint density at radius 3 is 2.50 bits per heavy atom. The number of halogens is 1. The number of benzene rings is 1. The lowest BCUT2D eigenvalue weighted by molar-refractivity contribution is 0.221. The molecule has 1 aromatic rings. The Morgan fingerprint density at radius 1 is 1.40 bits per heavy atom. The van der Waals surface area contributed by atoms with Crippen molar-refractivity contribution in [3.8, 4) is 0 Å². The maximum Gasteiger partial charge on any atom is 0.130 e. The first-order valence-corrected chi connectivity index (χ1v) is 3.10. The average molecular weight is 141 g/mol. The summed E-state index contributed by atoms with van der Waals surface area (Å²) in [4.78, 5) is 0. The molecule has 0 spiro atoms. The summed E-state index contributed by atoms with van der Waals surface area (Å²) in [6.07, 6.45) is 0. The Labute approximate surface area is 64.9 Å². The Bertz CT molecular complexity index is 277. The van der Waals surface area contributed by atoms with Crippen LogP contribution in [0, 0.1) is 0 Å². The van der Waals surface area contributed by atoms with E-state index in [1.54, 1.807) is 18.2 Å². The molecule has 0 aliphatic heterocycles. The maximum absolute atomic E-state index is 13.8. The van der Waals surface area contributed by atoms with Gasteiger partial charge in [-0.25, -0.2) is 4.39 Å². The predicted molar refractivity (Wildman–Crippen MR) is 40.6 cm³/mol. The van der Waals surface area contributed by atoms with Crippen molar-refractivity contribution >= 4 is 0 Å². The van der Waals surface area contributed by atoms with E-state index in [4.69, 9.17) is 4.11 Å². The minimum Gasteiger partial charge on any atom is -0.239 e. The normalized spacial score (nSPS) is 22.0. The average Bonchev–Trinajstić information content (AvgIpc) is 2.04. The second-order valence-electron chi connectivity index (χ2n) is 2.37. The van der Waals surface area contributed by atoms with Gasteiger partial charge in [-0.1, -0.05) is 30.3 Å². The van der Waals surface area contributed by atoms with Crippen LogP contribution in [-0.2, 0) is 5.67 Å². The number of rotatable bonds is 1. The van der Waals surface area contributed by atoms with E-state index >= 15 is 0 Å². The van der Waals surface area contributed by atoms with E-state index in [2.05, 4.69) is 0 Å². The largest absolute Gasteiger partial charge is 0.239 e. The highest BCUT2D eigenvalue weighted by Crippen LogP contribution is 2.23. The van der Waals surface area contributed by atoms with Gasteiger partial charge in [0.2, 0.25) is 0 Å². The molecule has 0 saturated carbocycles. The van der Waals surface area contributed by atoms with E-state index < -0.39 is 12.5 Å². The molecular weight excluding hydrogens is 127 g/mol. The van der Waals surface area contributed by atoms with Crippen molar-refractivity contribution in [2.24, 2.45) is 0 Å². The molecule has 54 valence electrons. The van der Waals surface area contributed by atoms with Crippen LogP contribution >= 0.6 is 0 Å². The van der Waals surface area contributed by atoms with Crippen LogP contribution in [0.1, 0.15) is 23.5 Å². The first kappa shape index (κ1) is 4.12. The van der Waals surface area contributed by atoms with Crippen LogP contribution in [0.3, 0.4) is 0 Å². The monoisotopic (exact) mass is 141 g/mol. The van der Waals surface area contributed by atoms with Gasteiger partial charge < -0.3 is 0 Å². The molecule has 0 nitrogen and oxygen atoms in total. The zero-order valence-electron chi connectivity index (χ0n) is 8.76. The molecule has 0 heterocycles. The quantitative estimate of drug-likeness (QED) is 0.564. The predicted octanol–water partition coefficient (Wildman–Crippen LogP) is 2.89. The summed E-state index contributed by atoms with van der Waals surface area (Å²) in [5.41, 5.74) is -2.08. The van der Waals surface area contributed by atoms with Gasteiger partial charge in [-0.2, -0.15) is 0 Å². The maximum atomic E-state index is 13.8. The lowest BCUT2D eigenvalue weighted by Gasteiger charge is -2.13. The molecule has 0 aliphatic rings. The lowest BCUT2D eigenvalue weighted by atomic mass is 10.0. The standard InChI is InChI=1S/C9H11F/c1-9(2,10)8-6-4-3-5-7-8/h3-7H,1-2H3/i1D3/t9-/m1/s1. The topological polar surface area (TPSA) is 0 Å². The smallest absolute Gasteiger partial charge is 0.130 e. The van der Waals surface area contributed by atoms with Gasteiger partial charge in [-0.3, -0.25) is 0 Å². The summed E-state index contributed by atoms with van der Waals surface area (Å²) in [7, 11) is 0. The fraction of sp³-hybridized carbons (Fsp3) is 0.333. The third-order valence-electron chi connectivity index (χ3n) is 1.32. The lowest BCUT2D eigenvalue weighted by Crippen LogP contribution is -2.07. The van der Waals surface area contributed by atoms with Gasteiger partial charge in [0.15, 0.2) is 0 Å². The van der Waals surface area contributed by atoms with Crippen molar-refractivity contribution in [3.63, 3.8) is 0 Å². The molecule has 0 aliphatic carbocycles. The van der Waals surface area contributed by atoms with Crippen LogP contribution in [0.25, 0.3) is 0 Å². The summed E-state index contributed by atoms with van der Waals surface area (Å²) < 4.78 is 34.9. The van der Waals surface area contributed by atoms with Crippen LogP contribution in [0.2, 0.25) is 0 Å². The summed E-state index contributed by atoms with van der Waals surface area (Å²) in [5, 5.41) is 0. The van der Waals surface area contributed by atoms with E-state index in [0.29, 0.717) is 0 Å². The van der Waals surface area contributed by atoms with Crippen molar-refractivity contribution in [3.05, 3.63) is 35.9 Å². The Hall–Kier alpha value is -0.850. The molecule has 0 unspecified atom stereocenters. The van der Waals surface area contributed by atoms with Crippen molar-refractivity contribution in [2.75, 3.05) is 0 Å². The first-order chi connectivity index (χ1) is 5.86. The van der Waals surface area contributed by atoms with Crippen molar-refractivity contribution in [1.29, 1.82) is 0 Å². The molecule has 1 rings (SSSR count). The molecule has 1 heteroatoms. The van der Waals surface area contributed by atoms with E-state index in [1.807, 2.05) is 0 Å². The van der Waals surface area contributed by atoms with Gasteiger partial charge in [0.05, 0.1) is 0 Å². The molecule has 1 aromatic carbocycles. The highest BCUT2D eigenvalue weighted by atomic mass is 19.1. The highest BCUT2D eigenvalue weighted by molar-refractivity contribution is 5.20. The number of hydrogen-bond donors (Lipinski definition) is 0. The highest BCUT2D eigenvalue weighted by Gasteiger charge is 2.16. The molecule has 1 atom stereocenters. The van der Waals surface area contributed by atoms with Crippen LogP contribution in [0.15, 0.2) is 30.3 Å². The fourth-order valence-corrected chi connectivity index (χ4v) is 0.751. The van der Waals surface area contributed by atoms with Crippen LogP contribution in [-0.4, -0.2) is 0 Å². The minimum atomic E-state index is -2.62. The van der Waals surface area contributed by atoms with Gasteiger partial charge in [0.25, 0.3) is 0 Å². The molecule has 0 radical (unpaired) electrons. The third kappa shape index (κ3) is 1.56. The Morgan fingerprint density at radius 2 is 2.00 bits per heavy atom. The van der Waals surface area contributed by atoms with E-state index in [1.165, 1.54) is 12.1 Å². The molecule has 0 aromatic heterocycles. The molecule has 0 saturated heterocycles. The third-order valence-corrected chi connectivity index (χ3v) is 1.32. The summed E-state index contributed by atoms with van der Waals surface area (Å²) in [6, 6.07) is 7.93. The van der Waals surface area contributed by atoms with Gasteiger partial charge in [-0.05, 0) is 19.3 Å². The van der Waals surface area contributed by atoms with Crippen molar-refractivity contribution in [1.82, 2.24) is 0 Å². The Balaban J connectivity index is 3.08. The number of hydrogen-bond acceptors (Lipinski definition) is 0. The molecule has 0 N–H and O–H groups in total. The SMILES string of the molecule is [2H]C([2H])([2H])[C@](C)(F)c1ccccc1. The van der Waals surface area contributed by atoms with Gasteiger partial charge in [-0.15, -0.1) is 0 Å². The number of alkyl halides is 1. The zero-order valence-corrected chi connectivity index (χ0v) is 5.76. The first-order valence-electron chi connectivity index (χ1n) is 4.60. The molecule has 10 heavy (non-hydrogen) atoms. The van der Waals surface area contributed by atoms with Gasteiger partial charge >= 0.3 is 0 Å². The summed E-state index contributed by atoms with van der Waals surface area (Å²) in [6.45, 7) is -1.54. The van der Waals surface area contributed by atoms with Crippen molar-refractivity contribution in [2.45, 2.75) is 19.4 Å². The van der Waals surface area contributed by atoms with Crippen molar-refractivity contribution < 1.29 is 8.50 Å². The minimum absolute atomic E-state index is 0.190. The molecule has 0 bridgehead atoms. The molecule has 0 fully saturated rings. The fourth-order valence-electron chi connectivity index (χ4n) is 0.751. The van der Waals surface area contributed by atoms with Crippen LogP contribution < -0.4 is 0 Å². The molecular formula is C9H11F. The zero-order chi connectivity index (χ0) is 10.1. The van der Waals surface area contributed by atoms with Gasteiger partial charge in [0, 0.05) is 4.11 Å². The second-order valence-corrected chi connectivity index (χ2v) is 2.37. The van der Waals surface area contributed by atoms with Crippen LogP contribution in [0.4, 0.5) is 4.39 Å². The summed E-state index contributed by atoms with van der Waals surface area (Å²) in [5.74, 6) is 0. The second kappa shape index (κ2) is 2.41. The van der Waals surface area contributed by atoms with Crippen LogP contribution in [0.5, 0.6) is 0 Å². The van der Waals surface area contributed by atoms with Gasteiger partial charge in [0.1, 0.15) is 5.67 Å². The van der Waals surface area contributed by atoms with E-state index in [0.717, 1.165) is 6.92 Å². The van der Waals surface area contributed by atoms with E-state index in [9.17, 15) is 4.39 Å².